The van der Waals surface area contributed by atoms with Crippen molar-refractivity contribution in [1.82, 2.24) is 14.2 Å². The second-order valence-electron chi connectivity index (χ2n) is 7.17. The van der Waals surface area contributed by atoms with E-state index in [1.807, 2.05) is 55.7 Å². The van der Waals surface area contributed by atoms with Gasteiger partial charge in [0.15, 0.2) is 0 Å². The number of aryl methyl sites for hydroxylation is 1. The quantitative estimate of drug-likeness (QED) is 0.807. The first kappa shape index (κ1) is 19.9. The van der Waals surface area contributed by atoms with E-state index >= 15 is 0 Å². The summed E-state index contributed by atoms with van der Waals surface area (Å²) in [5.41, 5.74) is 1.99. The Kier molecular flexibility index (Phi) is 5.88. The molecule has 27 heavy (non-hydrogen) atoms. The molecule has 7 nitrogen and oxygen atoms in total. The number of morpholine rings is 1. The molecule has 1 aromatic heterocycles. The SMILES string of the molecule is Cc1cc2ccccc2n1CC(=O)NCCS(=O)(=O)N1CC(C)OC(C)C1. The molecule has 2 aromatic rings. The average molecular weight is 394 g/mol. The molecule has 1 fully saturated rings. The van der Waals surface area contributed by atoms with Crippen LogP contribution in [0.15, 0.2) is 30.3 Å². The highest BCUT2D eigenvalue weighted by Crippen LogP contribution is 2.19. The van der Waals surface area contributed by atoms with Gasteiger partial charge >= 0.3 is 0 Å². The van der Waals surface area contributed by atoms with Crippen LogP contribution in [0.1, 0.15) is 19.5 Å². The number of hydrogen-bond acceptors (Lipinski definition) is 4. The number of sulfonamides is 1. The third-order valence-electron chi connectivity index (χ3n) is 4.78. The fourth-order valence-corrected chi connectivity index (χ4v) is 5.06. The molecule has 0 spiro atoms. The maximum absolute atomic E-state index is 12.5. The number of para-hydroxylation sites is 1. The molecule has 0 bridgehead atoms. The van der Waals surface area contributed by atoms with Gasteiger partial charge in [-0.05, 0) is 38.3 Å². The van der Waals surface area contributed by atoms with Crippen LogP contribution in [0, 0.1) is 6.92 Å². The summed E-state index contributed by atoms with van der Waals surface area (Å²) in [5.74, 6) is -0.304. The topological polar surface area (TPSA) is 80.6 Å². The lowest BCUT2D eigenvalue weighted by atomic mass is 10.2. The minimum absolute atomic E-state index is 0.0968. The molecular formula is C19H27N3O4S. The summed E-state index contributed by atoms with van der Waals surface area (Å²) in [7, 11) is -3.42. The standard InChI is InChI=1S/C19H27N3O4S/c1-14-10-17-6-4-5-7-18(17)22(14)13-19(23)20-8-9-27(24,25)21-11-15(2)26-16(3)12-21/h4-7,10,15-16H,8-9,11-13H2,1-3H3,(H,20,23). The van der Waals surface area contributed by atoms with Gasteiger partial charge in [0, 0.05) is 30.8 Å². The molecule has 1 aromatic carbocycles. The predicted molar refractivity (Wildman–Crippen MR) is 105 cm³/mol. The van der Waals surface area contributed by atoms with Crippen molar-refractivity contribution in [3.63, 3.8) is 0 Å². The predicted octanol–water partition coefficient (Wildman–Crippen LogP) is 1.50. The third kappa shape index (κ3) is 4.69. The molecule has 2 unspecified atom stereocenters. The van der Waals surface area contributed by atoms with E-state index in [9.17, 15) is 13.2 Å². The van der Waals surface area contributed by atoms with Crippen LogP contribution < -0.4 is 5.32 Å². The van der Waals surface area contributed by atoms with Crippen LogP contribution in [0.5, 0.6) is 0 Å². The largest absolute Gasteiger partial charge is 0.373 e. The van der Waals surface area contributed by atoms with E-state index in [2.05, 4.69) is 5.32 Å². The highest BCUT2D eigenvalue weighted by Gasteiger charge is 2.30. The van der Waals surface area contributed by atoms with Crippen molar-refractivity contribution in [1.29, 1.82) is 0 Å². The molecular weight excluding hydrogens is 366 g/mol. The second kappa shape index (κ2) is 8.00. The molecule has 2 heterocycles. The van der Waals surface area contributed by atoms with Gasteiger partial charge in [0.2, 0.25) is 15.9 Å². The Labute approximate surface area is 160 Å². The number of nitrogens with zero attached hydrogens (tertiary/aromatic N) is 2. The normalized spacial score (nSPS) is 21.4. The van der Waals surface area contributed by atoms with Gasteiger partial charge in [-0.1, -0.05) is 18.2 Å². The van der Waals surface area contributed by atoms with Crippen molar-refractivity contribution in [3.05, 3.63) is 36.0 Å². The summed E-state index contributed by atoms with van der Waals surface area (Å²) in [5, 5.41) is 3.82. The molecule has 1 N–H and O–H groups in total. The zero-order valence-corrected chi connectivity index (χ0v) is 16.8. The number of fused-ring (bicyclic) bond motifs is 1. The molecule has 1 amide bonds. The highest BCUT2D eigenvalue weighted by molar-refractivity contribution is 7.89. The molecule has 1 aliphatic rings. The first-order valence-corrected chi connectivity index (χ1v) is 10.8. The zero-order chi connectivity index (χ0) is 19.6. The minimum Gasteiger partial charge on any atom is -0.373 e. The molecule has 3 rings (SSSR count). The van der Waals surface area contributed by atoms with Gasteiger partial charge in [-0.3, -0.25) is 4.79 Å². The Morgan fingerprint density at radius 1 is 1.22 bits per heavy atom. The summed E-state index contributed by atoms with van der Waals surface area (Å²) >= 11 is 0. The lowest BCUT2D eigenvalue weighted by molar-refractivity contribution is -0.121. The van der Waals surface area contributed by atoms with E-state index in [0.717, 1.165) is 16.6 Å². The monoisotopic (exact) mass is 393 g/mol. The molecule has 1 aliphatic heterocycles. The van der Waals surface area contributed by atoms with Crippen LogP contribution in [0.3, 0.4) is 0 Å². The fraction of sp³-hybridized carbons (Fsp3) is 0.526. The smallest absolute Gasteiger partial charge is 0.239 e. The van der Waals surface area contributed by atoms with Crippen LogP contribution in [-0.2, 0) is 26.1 Å². The van der Waals surface area contributed by atoms with Gasteiger partial charge in [0.1, 0.15) is 6.54 Å². The average Bonchev–Trinajstić information content (AvgIpc) is 2.89. The first-order valence-electron chi connectivity index (χ1n) is 9.21. The van der Waals surface area contributed by atoms with Crippen LogP contribution in [-0.4, -0.2) is 60.8 Å². The van der Waals surface area contributed by atoms with E-state index in [1.165, 1.54) is 4.31 Å². The van der Waals surface area contributed by atoms with Crippen molar-refractivity contribution in [3.8, 4) is 0 Å². The number of nitrogens with one attached hydrogen (secondary N) is 1. The van der Waals surface area contributed by atoms with Crippen molar-refractivity contribution >= 4 is 26.8 Å². The summed E-state index contributed by atoms with van der Waals surface area (Å²) in [6, 6.07) is 9.92. The van der Waals surface area contributed by atoms with E-state index in [0.29, 0.717) is 13.1 Å². The first-order chi connectivity index (χ1) is 12.8. The zero-order valence-electron chi connectivity index (χ0n) is 16.0. The van der Waals surface area contributed by atoms with Crippen LogP contribution in [0.25, 0.3) is 10.9 Å². The third-order valence-corrected chi connectivity index (χ3v) is 6.59. The van der Waals surface area contributed by atoms with Crippen molar-refractivity contribution in [2.24, 2.45) is 0 Å². The van der Waals surface area contributed by atoms with Gasteiger partial charge in [0.05, 0.1) is 18.0 Å². The number of rotatable bonds is 6. The van der Waals surface area contributed by atoms with Crippen molar-refractivity contribution < 1.29 is 17.9 Å². The Hall–Kier alpha value is -1.90. The molecule has 0 saturated carbocycles. The Balaban J connectivity index is 1.55. The number of carbonyl (C=O) groups excluding carboxylic acids is 1. The van der Waals surface area contributed by atoms with Crippen molar-refractivity contribution in [2.45, 2.75) is 39.5 Å². The number of benzene rings is 1. The molecule has 8 heteroatoms. The fourth-order valence-electron chi connectivity index (χ4n) is 3.56. The van der Waals surface area contributed by atoms with Crippen molar-refractivity contribution in [2.75, 3.05) is 25.4 Å². The summed E-state index contributed by atoms with van der Waals surface area (Å²) < 4.78 is 34.0. The van der Waals surface area contributed by atoms with E-state index in [4.69, 9.17) is 4.74 Å². The lowest BCUT2D eigenvalue weighted by Crippen LogP contribution is -2.49. The Morgan fingerprint density at radius 3 is 2.59 bits per heavy atom. The number of carbonyl (C=O) groups is 1. The van der Waals surface area contributed by atoms with Gasteiger partial charge in [-0.15, -0.1) is 0 Å². The second-order valence-corrected chi connectivity index (χ2v) is 9.26. The van der Waals surface area contributed by atoms with Gasteiger partial charge in [0.25, 0.3) is 0 Å². The van der Waals surface area contributed by atoms with Gasteiger partial charge in [-0.2, -0.15) is 4.31 Å². The number of ether oxygens (including phenoxy) is 1. The van der Waals surface area contributed by atoms with Crippen LogP contribution >= 0.6 is 0 Å². The van der Waals surface area contributed by atoms with Gasteiger partial charge in [-0.25, -0.2) is 8.42 Å². The van der Waals surface area contributed by atoms with E-state index in [1.54, 1.807) is 0 Å². The molecule has 1 saturated heterocycles. The lowest BCUT2D eigenvalue weighted by Gasteiger charge is -2.34. The van der Waals surface area contributed by atoms with E-state index < -0.39 is 10.0 Å². The minimum atomic E-state index is -3.42. The molecule has 2 atom stereocenters. The summed E-state index contributed by atoms with van der Waals surface area (Å²) in [4.78, 5) is 12.3. The molecule has 148 valence electrons. The van der Waals surface area contributed by atoms with E-state index in [-0.39, 0.29) is 37.0 Å². The Bertz CT molecular complexity index is 912. The maximum atomic E-state index is 12.5. The number of amides is 1. The summed E-state index contributed by atoms with van der Waals surface area (Å²) in [6.07, 6.45) is -0.244. The van der Waals surface area contributed by atoms with Gasteiger partial charge < -0.3 is 14.6 Å². The summed E-state index contributed by atoms with van der Waals surface area (Å²) in [6.45, 7) is 6.67. The molecule has 0 radical (unpaired) electrons. The molecule has 0 aliphatic carbocycles. The van der Waals surface area contributed by atoms with Crippen LogP contribution in [0.4, 0.5) is 0 Å². The number of hydrogen-bond donors (Lipinski definition) is 1. The Morgan fingerprint density at radius 2 is 1.89 bits per heavy atom. The maximum Gasteiger partial charge on any atom is 0.239 e. The highest BCUT2D eigenvalue weighted by atomic mass is 32.2. The van der Waals surface area contributed by atoms with Crippen LogP contribution in [0.2, 0.25) is 0 Å². The number of aromatic nitrogens is 1.